The first-order valence-corrected chi connectivity index (χ1v) is 3.33. The Morgan fingerprint density at radius 3 is 0.917 bits per heavy atom. The Labute approximate surface area is 94.1 Å². The van der Waals surface area contributed by atoms with E-state index in [1.165, 1.54) is 0 Å². The van der Waals surface area contributed by atoms with E-state index in [9.17, 15) is 0 Å². The number of rotatable bonds is 0. The first-order chi connectivity index (χ1) is 5.00. The molecule has 0 N–H and O–H groups in total. The molecule has 12 heavy (non-hydrogen) atoms. The van der Waals surface area contributed by atoms with Gasteiger partial charge in [-0.1, -0.05) is 7.43 Å². The van der Waals surface area contributed by atoms with Gasteiger partial charge in [0.15, 0.2) is 0 Å². The zero-order valence-electron chi connectivity index (χ0n) is 6.27. The standard InChI is InChI=1S/2C5H5.CH4.Zr/c2*1-2-4-5-3-1;;/h2*1-5H;1H4;/q2*-1;;+2. The van der Waals surface area contributed by atoms with Crippen LogP contribution in [0.15, 0.2) is 60.7 Å². The van der Waals surface area contributed by atoms with Crippen molar-refractivity contribution in [2.75, 3.05) is 0 Å². The molecule has 0 amide bonds. The van der Waals surface area contributed by atoms with Gasteiger partial charge in [-0.25, -0.2) is 24.3 Å². The molecule has 0 aliphatic rings. The molecule has 2 aromatic rings. The van der Waals surface area contributed by atoms with Crippen LogP contribution in [-0.2, 0) is 26.2 Å². The molecule has 62 valence electrons. The molecular weight excluding hydrogens is 223 g/mol. The molecule has 0 heterocycles. The van der Waals surface area contributed by atoms with Gasteiger partial charge in [0.25, 0.3) is 0 Å². The summed E-state index contributed by atoms with van der Waals surface area (Å²) in [6.07, 6.45) is 0. The van der Waals surface area contributed by atoms with Gasteiger partial charge >= 0.3 is 26.2 Å². The monoisotopic (exact) mass is 236 g/mol. The molecule has 1 heteroatoms. The quantitative estimate of drug-likeness (QED) is 0.616. The first kappa shape index (κ1) is 14.1. The van der Waals surface area contributed by atoms with Crippen molar-refractivity contribution in [3.8, 4) is 0 Å². The topological polar surface area (TPSA) is 0 Å². The third-order valence-electron chi connectivity index (χ3n) is 1.11. The molecule has 0 unspecified atom stereocenters. The van der Waals surface area contributed by atoms with E-state index in [-0.39, 0.29) is 33.6 Å². The molecule has 0 aliphatic heterocycles. The van der Waals surface area contributed by atoms with Crippen LogP contribution in [-0.4, -0.2) is 0 Å². The van der Waals surface area contributed by atoms with Gasteiger partial charge in [-0.05, 0) is 0 Å². The van der Waals surface area contributed by atoms with Gasteiger partial charge in [0.05, 0.1) is 0 Å². The van der Waals surface area contributed by atoms with Gasteiger partial charge in [0.1, 0.15) is 0 Å². The SMILES string of the molecule is C.[Zr+2].c1cc[cH-]c1.c1cc[cH-]c1. The normalized spacial score (nSPS) is 6.67. The van der Waals surface area contributed by atoms with Crippen LogP contribution in [0.4, 0.5) is 0 Å². The second-order valence-electron chi connectivity index (χ2n) is 1.92. The number of hydrogen-bond donors (Lipinski definition) is 0. The van der Waals surface area contributed by atoms with Crippen LogP contribution < -0.4 is 0 Å². The summed E-state index contributed by atoms with van der Waals surface area (Å²) in [6.45, 7) is 0. The largest absolute Gasteiger partial charge is 2.00 e. The molecule has 0 fully saturated rings. The van der Waals surface area contributed by atoms with Crippen molar-refractivity contribution < 1.29 is 26.2 Å². The van der Waals surface area contributed by atoms with Crippen LogP contribution in [0.25, 0.3) is 0 Å². The van der Waals surface area contributed by atoms with Crippen molar-refractivity contribution in [1.29, 1.82) is 0 Å². The molecule has 0 spiro atoms. The summed E-state index contributed by atoms with van der Waals surface area (Å²) in [5.41, 5.74) is 0. The number of hydrogen-bond acceptors (Lipinski definition) is 0. The minimum atomic E-state index is 0. The predicted molar refractivity (Wildman–Crippen MR) is 50.8 cm³/mol. The van der Waals surface area contributed by atoms with E-state index in [2.05, 4.69) is 0 Å². The Morgan fingerprint density at radius 2 is 0.833 bits per heavy atom. The fourth-order valence-corrected chi connectivity index (χ4v) is 0.642. The van der Waals surface area contributed by atoms with Gasteiger partial charge in [0.2, 0.25) is 0 Å². The van der Waals surface area contributed by atoms with Gasteiger partial charge < -0.3 is 0 Å². The third-order valence-corrected chi connectivity index (χ3v) is 1.11. The minimum Gasteiger partial charge on any atom is -0.214 e. The van der Waals surface area contributed by atoms with Gasteiger partial charge in [-0.15, -0.1) is 0 Å². The molecule has 0 nitrogen and oxygen atoms in total. The Hall–Kier alpha value is -0.417. The maximum absolute atomic E-state index is 2.00. The van der Waals surface area contributed by atoms with Crippen LogP contribution in [0.2, 0.25) is 0 Å². The first-order valence-electron chi connectivity index (χ1n) is 3.33. The summed E-state index contributed by atoms with van der Waals surface area (Å²) in [5, 5.41) is 0. The fraction of sp³-hybridized carbons (Fsp3) is 0.0909. The molecule has 0 saturated heterocycles. The zero-order chi connectivity index (χ0) is 7.07. The third kappa shape index (κ3) is 7.69. The molecule has 0 bridgehead atoms. The van der Waals surface area contributed by atoms with E-state index in [4.69, 9.17) is 0 Å². The van der Waals surface area contributed by atoms with E-state index in [0.29, 0.717) is 0 Å². The summed E-state index contributed by atoms with van der Waals surface area (Å²) in [4.78, 5) is 0. The van der Waals surface area contributed by atoms with E-state index in [1.807, 2.05) is 60.7 Å². The fourth-order valence-electron chi connectivity index (χ4n) is 0.642. The molecule has 0 aliphatic carbocycles. The molecule has 0 saturated carbocycles. The van der Waals surface area contributed by atoms with Crippen molar-refractivity contribution in [2.24, 2.45) is 0 Å². The second-order valence-corrected chi connectivity index (χ2v) is 1.92. The van der Waals surface area contributed by atoms with Crippen molar-refractivity contribution in [1.82, 2.24) is 0 Å². The van der Waals surface area contributed by atoms with Crippen LogP contribution in [0.1, 0.15) is 7.43 Å². The average molecular weight is 237 g/mol. The Kier molecular flexibility index (Phi) is 12.5. The maximum Gasteiger partial charge on any atom is 2.00 e. The Bertz CT molecular complexity index is 144. The maximum atomic E-state index is 2.00. The zero-order valence-corrected chi connectivity index (χ0v) is 8.73. The van der Waals surface area contributed by atoms with E-state index in [0.717, 1.165) is 0 Å². The summed E-state index contributed by atoms with van der Waals surface area (Å²) in [7, 11) is 0. The molecular formula is C11H14Zr. The van der Waals surface area contributed by atoms with Crippen molar-refractivity contribution >= 4 is 0 Å². The Balaban J connectivity index is 0. The second kappa shape index (κ2) is 10.6. The predicted octanol–water partition coefficient (Wildman–Crippen LogP) is 3.44. The van der Waals surface area contributed by atoms with E-state index >= 15 is 0 Å². The van der Waals surface area contributed by atoms with Crippen molar-refractivity contribution in [3.63, 3.8) is 0 Å². The average Bonchev–Trinajstić information content (AvgIpc) is 2.67. The summed E-state index contributed by atoms with van der Waals surface area (Å²) < 4.78 is 0. The van der Waals surface area contributed by atoms with Crippen LogP contribution in [0.5, 0.6) is 0 Å². The Morgan fingerprint density at radius 1 is 0.583 bits per heavy atom. The van der Waals surface area contributed by atoms with Gasteiger partial charge in [0, 0.05) is 0 Å². The van der Waals surface area contributed by atoms with Gasteiger partial charge in [-0.3, -0.25) is 0 Å². The van der Waals surface area contributed by atoms with E-state index < -0.39 is 0 Å². The minimum absolute atomic E-state index is 0. The molecule has 0 aromatic heterocycles. The van der Waals surface area contributed by atoms with Crippen LogP contribution >= 0.6 is 0 Å². The molecule has 2 aromatic carbocycles. The molecule has 0 atom stereocenters. The van der Waals surface area contributed by atoms with E-state index in [1.54, 1.807) is 0 Å². The van der Waals surface area contributed by atoms with Crippen LogP contribution in [0.3, 0.4) is 0 Å². The van der Waals surface area contributed by atoms with Crippen molar-refractivity contribution in [3.05, 3.63) is 60.7 Å². The van der Waals surface area contributed by atoms with Gasteiger partial charge in [-0.2, -0.15) is 36.4 Å². The molecule has 2 rings (SSSR count). The smallest absolute Gasteiger partial charge is 0.214 e. The van der Waals surface area contributed by atoms with Crippen molar-refractivity contribution in [2.45, 2.75) is 7.43 Å². The summed E-state index contributed by atoms with van der Waals surface area (Å²) in [5.74, 6) is 0. The summed E-state index contributed by atoms with van der Waals surface area (Å²) >= 11 is 0. The summed E-state index contributed by atoms with van der Waals surface area (Å²) in [6, 6.07) is 20.0. The molecule has 0 radical (unpaired) electrons. The van der Waals surface area contributed by atoms with Crippen LogP contribution in [0, 0.1) is 0 Å².